The Kier molecular flexibility index (Phi) is 8.21. The van der Waals surface area contributed by atoms with Gasteiger partial charge in [-0.3, -0.25) is 19.6 Å². The second-order valence-corrected chi connectivity index (χ2v) is 11.3. The lowest BCUT2D eigenvalue weighted by Crippen LogP contribution is -2.43. The van der Waals surface area contributed by atoms with Crippen LogP contribution in [0.1, 0.15) is 73.7 Å². The summed E-state index contributed by atoms with van der Waals surface area (Å²) in [6.07, 6.45) is 5.60. The molecule has 1 aromatic carbocycles. The van der Waals surface area contributed by atoms with Gasteiger partial charge in [-0.1, -0.05) is 19.9 Å². The first kappa shape index (κ1) is 26.5. The number of rotatable bonds is 4. The molecule has 9 heteroatoms. The lowest BCUT2D eigenvalue weighted by molar-refractivity contribution is -0.122. The van der Waals surface area contributed by atoms with Crippen LogP contribution >= 0.6 is 0 Å². The van der Waals surface area contributed by atoms with Crippen LogP contribution in [-0.4, -0.2) is 77.7 Å². The number of nitrogens with one attached hydrogen (secondary N) is 2. The summed E-state index contributed by atoms with van der Waals surface area (Å²) in [7, 11) is 1.67. The standard InChI is InChI=1S/C29H41N5O4/c1-19(2)13-22-16-23(32-31-22)29(36)33-10-4-5-12-38-27-15-20(8-9-26(27)37-3)25-14-21(17-30-28(35)18-33)24-7-6-11-34(24)25/h8-9,15-16,19,21,24-25H,4-7,10-14,17-18H2,1-3H3,(H,30,35)(H,31,32)/t21-,24+,25-/m1/s1. The van der Waals surface area contributed by atoms with Crippen LogP contribution in [0.5, 0.6) is 11.5 Å². The fraction of sp³-hybridized carbons (Fsp3) is 0.621. The number of aromatic nitrogens is 2. The number of amides is 2. The van der Waals surface area contributed by atoms with Crippen LogP contribution in [0.25, 0.3) is 0 Å². The summed E-state index contributed by atoms with van der Waals surface area (Å²) in [5.41, 5.74) is 2.55. The van der Waals surface area contributed by atoms with E-state index in [2.05, 4.69) is 46.4 Å². The molecule has 2 fully saturated rings. The predicted octanol–water partition coefficient (Wildman–Crippen LogP) is 3.57. The second-order valence-electron chi connectivity index (χ2n) is 11.3. The number of hydrogen-bond acceptors (Lipinski definition) is 6. The lowest BCUT2D eigenvalue weighted by atomic mass is 9.94. The van der Waals surface area contributed by atoms with E-state index in [0.29, 0.717) is 55.7 Å². The first-order chi connectivity index (χ1) is 18.4. The number of nitrogens with zero attached hydrogens (tertiary/aromatic N) is 3. The molecule has 3 aliphatic rings. The number of H-pyrrole nitrogens is 1. The number of ether oxygens (including phenoxy) is 2. The van der Waals surface area contributed by atoms with Gasteiger partial charge in [0.05, 0.1) is 20.3 Å². The topological polar surface area (TPSA) is 99.8 Å². The number of hydrogen-bond donors (Lipinski definition) is 2. The van der Waals surface area contributed by atoms with Gasteiger partial charge in [0.2, 0.25) is 5.91 Å². The molecule has 2 aromatic rings. The maximum Gasteiger partial charge on any atom is 0.274 e. The Morgan fingerprint density at radius 1 is 1.21 bits per heavy atom. The molecule has 5 rings (SSSR count). The van der Waals surface area contributed by atoms with Crippen molar-refractivity contribution in [1.29, 1.82) is 0 Å². The largest absolute Gasteiger partial charge is 0.493 e. The molecule has 0 aliphatic carbocycles. The van der Waals surface area contributed by atoms with E-state index in [0.717, 1.165) is 49.4 Å². The van der Waals surface area contributed by atoms with Crippen LogP contribution in [0.3, 0.4) is 0 Å². The maximum absolute atomic E-state index is 13.4. The first-order valence-electron chi connectivity index (χ1n) is 14.1. The predicted molar refractivity (Wildman–Crippen MR) is 144 cm³/mol. The molecule has 2 N–H and O–H groups in total. The van der Waals surface area contributed by atoms with E-state index in [1.807, 2.05) is 12.1 Å². The van der Waals surface area contributed by atoms with E-state index in [4.69, 9.17) is 9.47 Å². The molecule has 0 spiro atoms. The summed E-state index contributed by atoms with van der Waals surface area (Å²) in [5, 5.41) is 10.4. The second kappa shape index (κ2) is 11.8. The monoisotopic (exact) mass is 523 g/mol. The Balaban J connectivity index is 1.35. The van der Waals surface area contributed by atoms with Crippen molar-refractivity contribution < 1.29 is 19.1 Å². The maximum atomic E-state index is 13.4. The molecule has 206 valence electrons. The van der Waals surface area contributed by atoms with Gasteiger partial charge in [0.1, 0.15) is 5.69 Å². The third kappa shape index (κ3) is 5.82. The van der Waals surface area contributed by atoms with Gasteiger partial charge < -0.3 is 19.7 Å². The van der Waals surface area contributed by atoms with Crippen LogP contribution in [0.4, 0.5) is 0 Å². The van der Waals surface area contributed by atoms with E-state index in [1.54, 1.807) is 12.0 Å². The number of carbonyl (C=O) groups is 2. The number of fused-ring (bicyclic) bond motifs is 8. The van der Waals surface area contributed by atoms with Crippen molar-refractivity contribution >= 4 is 11.8 Å². The lowest BCUT2D eigenvalue weighted by Gasteiger charge is -2.25. The zero-order valence-corrected chi connectivity index (χ0v) is 22.9. The van der Waals surface area contributed by atoms with E-state index in [9.17, 15) is 9.59 Å². The molecule has 4 heterocycles. The molecule has 2 saturated heterocycles. The molecular formula is C29H41N5O4. The molecule has 38 heavy (non-hydrogen) atoms. The minimum absolute atomic E-state index is 0.0312. The van der Waals surface area contributed by atoms with Crippen molar-refractivity contribution in [2.75, 3.05) is 39.9 Å². The fourth-order valence-corrected chi connectivity index (χ4v) is 6.34. The van der Waals surface area contributed by atoms with Crippen LogP contribution in [-0.2, 0) is 11.2 Å². The number of aromatic amines is 1. The van der Waals surface area contributed by atoms with E-state index < -0.39 is 0 Å². The highest BCUT2D eigenvalue weighted by molar-refractivity contribution is 5.95. The molecule has 2 amide bonds. The number of carbonyl (C=O) groups excluding carboxylic acids is 2. The molecule has 9 nitrogen and oxygen atoms in total. The summed E-state index contributed by atoms with van der Waals surface area (Å²) in [4.78, 5) is 30.7. The number of methoxy groups -OCH3 is 1. The van der Waals surface area contributed by atoms with Crippen molar-refractivity contribution in [3.8, 4) is 11.5 Å². The van der Waals surface area contributed by atoms with Crippen LogP contribution in [0, 0.1) is 11.8 Å². The van der Waals surface area contributed by atoms with Crippen LogP contribution in [0.2, 0.25) is 0 Å². The van der Waals surface area contributed by atoms with Crippen LogP contribution in [0.15, 0.2) is 24.3 Å². The fourth-order valence-electron chi connectivity index (χ4n) is 6.34. The zero-order valence-electron chi connectivity index (χ0n) is 22.9. The molecule has 1 aromatic heterocycles. The van der Waals surface area contributed by atoms with Gasteiger partial charge in [0, 0.05) is 30.9 Å². The SMILES string of the molecule is COc1ccc2cc1OCCCCN(C(=O)c1cc(CC(C)C)[nH]n1)CC(=O)NC[C@H]1C[C@H]2N2CCC[C@@H]12. The Labute approximate surface area is 225 Å². The molecule has 0 unspecified atom stereocenters. The Morgan fingerprint density at radius 3 is 2.89 bits per heavy atom. The van der Waals surface area contributed by atoms with Crippen molar-refractivity contribution in [2.24, 2.45) is 11.8 Å². The average Bonchev–Trinajstić information content (AvgIpc) is 3.63. The van der Waals surface area contributed by atoms with Crippen molar-refractivity contribution in [2.45, 2.75) is 64.5 Å². The van der Waals surface area contributed by atoms with Crippen molar-refractivity contribution in [3.05, 3.63) is 41.2 Å². The molecule has 0 radical (unpaired) electrons. The quantitative estimate of drug-likeness (QED) is 0.636. The third-order valence-corrected chi connectivity index (χ3v) is 8.13. The summed E-state index contributed by atoms with van der Waals surface area (Å²) in [6, 6.07) is 8.88. The number of benzene rings is 1. The Hall–Kier alpha value is -3.07. The molecular weight excluding hydrogens is 482 g/mol. The molecule has 3 aliphatic heterocycles. The Morgan fingerprint density at radius 2 is 2.08 bits per heavy atom. The van der Waals surface area contributed by atoms with E-state index in [-0.39, 0.29) is 18.4 Å². The molecule has 4 bridgehead atoms. The van der Waals surface area contributed by atoms with Gasteiger partial charge >= 0.3 is 0 Å². The summed E-state index contributed by atoms with van der Waals surface area (Å²) < 4.78 is 11.8. The third-order valence-electron chi connectivity index (χ3n) is 8.13. The highest BCUT2D eigenvalue weighted by atomic mass is 16.5. The normalized spacial score (nSPS) is 24.7. The van der Waals surface area contributed by atoms with Crippen molar-refractivity contribution in [3.63, 3.8) is 0 Å². The van der Waals surface area contributed by atoms with E-state index in [1.165, 1.54) is 12.0 Å². The Bertz CT molecular complexity index is 1130. The summed E-state index contributed by atoms with van der Waals surface area (Å²) in [6.45, 7) is 6.96. The zero-order chi connectivity index (χ0) is 26.6. The first-order valence-corrected chi connectivity index (χ1v) is 14.1. The summed E-state index contributed by atoms with van der Waals surface area (Å²) >= 11 is 0. The van der Waals surface area contributed by atoms with Gasteiger partial charge in [0.25, 0.3) is 5.91 Å². The summed E-state index contributed by atoms with van der Waals surface area (Å²) in [5.74, 6) is 2.01. The highest BCUT2D eigenvalue weighted by Gasteiger charge is 2.44. The smallest absolute Gasteiger partial charge is 0.274 e. The van der Waals surface area contributed by atoms with E-state index >= 15 is 0 Å². The van der Waals surface area contributed by atoms with Gasteiger partial charge in [0.15, 0.2) is 11.5 Å². The van der Waals surface area contributed by atoms with Crippen LogP contribution < -0.4 is 14.8 Å². The van der Waals surface area contributed by atoms with Gasteiger partial charge in [-0.05, 0) is 80.7 Å². The van der Waals surface area contributed by atoms with Gasteiger partial charge in [-0.2, -0.15) is 5.10 Å². The van der Waals surface area contributed by atoms with Gasteiger partial charge in [-0.25, -0.2) is 0 Å². The highest BCUT2D eigenvalue weighted by Crippen LogP contribution is 2.46. The van der Waals surface area contributed by atoms with Gasteiger partial charge in [-0.15, -0.1) is 0 Å². The minimum atomic E-state index is -0.217. The average molecular weight is 524 g/mol. The molecule has 0 saturated carbocycles. The minimum Gasteiger partial charge on any atom is -0.493 e. The molecule has 3 atom stereocenters. The van der Waals surface area contributed by atoms with Crippen molar-refractivity contribution in [1.82, 2.24) is 25.3 Å².